The maximum absolute atomic E-state index is 12.3. The van der Waals surface area contributed by atoms with E-state index in [-0.39, 0.29) is 29.9 Å². The van der Waals surface area contributed by atoms with Gasteiger partial charge in [-0.1, -0.05) is 42.5 Å². The van der Waals surface area contributed by atoms with Crippen LogP contribution >= 0.6 is 0 Å². The van der Waals surface area contributed by atoms with Crippen LogP contribution in [0.25, 0.3) is 10.8 Å². The quantitative estimate of drug-likeness (QED) is 0.477. The number of nitro groups is 1. The van der Waals surface area contributed by atoms with Crippen molar-refractivity contribution in [2.75, 3.05) is 19.0 Å². The molecule has 0 radical (unpaired) electrons. The number of carbonyl (C=O) groups excluding carboxylic acids is 1. The lowest BCUT2D eigenvalue weighted by Gasteiger charge is -2.16. The molecule has 3 rings (SSSR count). The molecule has 0 saturated carbocycles. The van der Waals surface area contributed by atoms with Crippen LogP contribution in [0.2, 0.25) is 0 Å². The third kappa shape index (κ3) is 4.27. The number of carbonyl (C=O) groups is 1. The highest BCUT2D eigenvalue weighted by Crippen LogP contribution is 2.29. The summed E-state index contributed by atoms with van der Waals surface area (Å²) < 4.78 is 5.00. The predicted octanol–water partition coefficient (Wildman–Crippen LogP) is 4.05. The monoisotopic (exact) mass is 379 g/mol. The van der Waals surface area contributed by atoms with Gasteiger partial charge >= 0.3 is 0 Å². The van der Waals surface area contributed by atoms with Crippen LogP contribution in [0.4, 0.5) is 11.4 Å². The minimum Gasteiger partial charge on any atom is -0.496 e. The van der Waals surface area contributed by atoms with Crippen LogP contribution in [0.1, 0.15) is 18.5 Å². The van der Waals surface area contributed by atoms with Gasteiger partial charge in [-0.05, 0) is 35.4 Å². The van der Waals surface area contributed by atoms with Crippen LogP contribution in [-0.2, 0) is 4.79 Å². The fourth-order valence-corrected chi connectivity index (χ4v) is 3.07. The normalized spacial score (nSPS) is 11.8. The van der Waals surface area contributed by atoms with Gasteiger partial charge < -0.3 is 15.4 Å². The lowest BCUT2D eigenvalue weighted by molar-refractivity contribution is -0.384. The fourth-order valence-electron chi connectivity index (χ4n) is 3.07. The van der Waals surface area contributed by atoms with Crippen LogP contribution in [0.5, 0.6) is 5.75 Å². The number of rotatable bonds is 7. The third-order valence-corrected chi connectivity index (χ3v) is 4.53. The Morgan fingerprint density at radius 3 is 2.64 bits per heavy atom. The van der Waals surface area contributed by atoms with Crippen molar-refractivity contribution in [3.8, 4) is 5.75 Å². The summed E-state index contributed by atoms with van der Waals surface area (Å²) in [5.41, 5.74) is 1.01. The molecule has 0 heterocycles. The number of nitro benzene ring substituents is 1. The number of methoxy groups -OCH3 is 1. The van der Waals surface area contributed by atoms with Gasteiger partial charge in [-0.25, -0.2) is 0 Å². The lowest BCUT2D eigenvalue weighted by atomic mass is 10.00. The summed E-state index contributed by atoms with van der Waals surface area (Å²) in [5, 5.41) is 19.2. The molecule has 2 N–H and O–H groups in total. The first-order valence-electron chi connectivity index (χ1n) is 8.83. The van der Waals surface area contributed by atoms with Crippen molar-refractivity contribution in [2.24, 2.45) is 0 Å². The summed E-state index contributed by atoms with van der Waals surface area (Å²) >= 11 is 0. The van der Waals surface area contributed by atoms with Gasteiger partial charge in [-0.15, -0.1) is 0 Å². The Labute approximate surface area is 162 Å². The number of anilines is 1. The second-order valence-electron chi connectivity index (χ2n) is 6.36. The van der Waals surface area contributed by atoms with Gasteiger partial charge in [-0.2, -0.15) is 0 Å². The molecule has 0 aliphatic carbocycles. The van der Waals surface area contributed by atoms with E-state index < -0.39 is 4.92 Å². The van der Waals surface area contributed by atoms with Crippen molar-refractivity contribution in [2.45, 2.75) is 13.0 Å². The van der Waals surface area contributed by atoms with Gasteiger partial charge in [-0.3, -0.25) is 14.9 Å². The minimum absolute atomic E-state index is 0.0214. The van der Waals surface area contributed by atoms with E-state index in [0.717, 1.165) is 16.3 Å². The molecule has 144 valence electrons. The summed E-state index contributed by atoms with van der Waals surface area (Å²) in [6, 6.07) is 18.3. The molecule has 1 atom stereocenters. The van der Waals surface area contributed by atoms with E-state index in [1.807, 2.05) is 49.4 Å². The largest absolute Gasteiger partial charge is 0.496 e. The third-order valence-electron chi connectivity index (χ3n) is 4.53. The number of benzene rings is 3. The van der Waals surface area contributed by atoms with Gasteiger partial charge in [0.2, 0.25) is 5.91 Å². The first-order chi connectivity index (χ1) is 13.5. The van der Waals surface area contributed by atoms with Gasteiger partial charge in [0.25, 0.3) is 5.69 Å². The van der Waals surface area contributed by atoms with Crippen molar-refractivity contribution in [3.05, 3.63) is 76.3 Å². The number of nitrogens with zero attached hydrogens (tertiary/aromatic N) is 1. The van der Waals surface area contributed by atoms with Gasteiger partial charge in [0.1, 0.15) is 11.4 Å². The predicted molar refractivity (Wildman–Crippen MR) is 109 cm³/mol. The first-order valence-corrected chi connectivity index (χ1v) is 8.83. The molecule has 28 heavy (non-hydrogen) atoms. The highest BCUT2D eigenvalue weighted by Gasteiger charge is 2.18. The van der Waals surface area contributed by atoms with Crippen molar-refractivity contribution >= 4 is 28.1 Å². The molecule has 7 heteroatoms. The molecule has 1 amide bonds. The van der Waals surface area contributed by atoms with Crippen LogP contribution in [0.15, 0.2) is 60.7 Å². The average molecular weight is 379 g/mol. The van der Waals surface area contributed by atoms with Crippen molar-refractivity contribution in [1.82, 2.24) is 5.32 Å². The van der Waals surface area contributed by atoms with E-state index in [1.165, 1.54) is 19.2 Å². The average Bonchev–Trinajstić information content (AvgIpc) is 2.71. The number of amides is 1. The van der Waals surface area contributed by atoms with E-state index in [9.17, 15) is 14.9 Å². The molecule has 0 fully saturated rings. The van der Waals surface area contributed by atoms with Gasteiger partial charge in [0.15, 0.2) is 0 Å². The molecule has 0 bridgehead atoms. The Morgan fingerprint density at radius 2 is 1.89 bits per heavy atom. The highest BCUT2D eigenvalue weighted by molar-refractivity contribution is 5.94. The Kier molecular flexibility index (Phi) is 5.86. The van der Waals surface area contributed by atoms with E-state index in [2.05, 4.69) is 10.6 Å². The molecular weight excluding hydrogens is 358 g/mol. The first kappa shape index (κ1) is 19.3. The Morgan fingerprint density at radius 1 is 1.14 bits per heavy atom. The van der Waals surface area contributed by atoms with E-state index >= 15 is 0 Å². The number of hydrogen-bond acceptors (Lipinski definition) is 5. The zero-order valence-corrected chi connectivity index (χ0v) is 15.6. The molecule has 0 aromatic heterocycles. The summed E-state index contributed by atoms with van der Waals surface area (Å²) in [4.78, 5) is 23.0. The van der Waals surface area contributed by atoms with E-state index in [4.69, 9.17) is 4.74 Å². The van der Waals surface area contributed by atoms with Gasteiger partial charge in [0, 0.05) is 6.04 Å². The molecule has 0 spiro atoms. The van der Waals surface area contributed by atoms with Crippen molar-refractivity contribution < 1.29 is 14.5 Å². The van der Waals surface area contributed by atoms with Crippen molar-refractivity contribution in [1.29, 1.82) is 0 Å². The maximum atomic E-state index is 12.3. The molecule has 3 aromatic carbocycles. The summed E-state index contributed by atoms with van der Waals surface area (Å²) in [6.45, 7) is 2.00. The SMILES string of the molecule is COc1ccc(NC(=O)CN[C@H](C)c2cccc3ccccc23)c([N+](=O)[O-])c1. The molecular formula is C21H21N3O4. The molecule has 0 aliphatic heterocycles. The Balaban J connectivity index is 1.68. The summed E-state index contributed by atoms with van der Waals surface area (Å²) in [6.07, 6.45) is 0. The van der Waals surface area contributed by atoms with Crippen LogP contribution in [0.3, 0.4) is 0 Å². The molecule has 0 saturated heterocycles. The smallest absolute Gasteiger partial charge is 0.296 e. The number of fused-ring (bicyclic) bond motifs is 1. The van der Waals surface area contributed by atoms with E-state index in [0.29, 0.717) is 5.75 Å². The highest BCUT2D eigenvalue weighted by atomic mass is 16.6. The minimum atomic E-state index is -0.551. The molecule has 7 nitrogen and oxygen atoms in total. The second-order valence-corrected chi connectivity index (χ2v) is 6.36. The second kappa shape index (κ2) is 8.49. The van der Waals surface area contributed by atoms with Crippen LogP contribution in [0, 0.1) is 10.1 Å². The number of hydrogen-bond donors (Lipinski definition) is 2. The lowest BCUT2D eigenvalue weighted by Crippen LogP contribution is -2.30. The van der Waals surface area contributed by atoms with Gasteiger partial charge in [0.05, 0.1) is 24.6 Å². The van der Waals surface area contributed by atoms with Crippen LogP contribution < -0.4 is 15.4 Å². The topological polar surface area (TPSA) is 93.5 Å². The number of nitrogens with one attached hydrogen (secondary N) is 2. The molecule has 3 aromatic rings. The molecule has 0 aliphatic rings. The van der Waals surface area contributed by atoms with Crippen LogP contribution in [-0.4, -0.2) is 24.5 Å². The summed E-state index contributed by atoms with van der Waals surface area (Å²) in [5.74, 6) is -0.00671. The fraction of sp³-hybridized carbons (Fsp3) is 0.190. The maximum Gasteiger partial charge on any atom is 0.296 e. The number of ether oxygens (including phenoxy) is 1. The van der Waals surface area contributed by atoms with E-state index in [1.54, 1.807) is 6.07 Å². The molecule has 0 unspecified atom stereocenters. The standard InChI is InChI=1S/C21H21N3O4/c1-14(17-9-5-7-15-6-3-4-8-18(15)17)22-13-21(25)23-19-11-10-16(28-2)12-20(19)24(26)27/h3-12,14,22H,13H2,1-2H3,(H,23,25)/t14-/m1/s1. The zero-order valence-electron chi connectivity index (χ0n) is 15.6. The Hall–Kier alpha value is -3.45. The summed E-state index contributed by atoms with van der Waals surface area (Å²) in [7, 11) is 1.43. The zero-order chi connectivity index (χ0) is 20.1. The Bertz CT molecular complexity index is 1010. The van der Waals surface area contributed by atoms with Crippen molar-refractivity contribution in [3.63, 3.8) is 0 Å².